The lowest BCUT2D eigenvalue weighted by atomic mass is 10.2. The fraction of sp³-hybridized carbons (Fsp3) is 0.889. The van der Waals surface area contributed by atoms with Gasteiger partial charge < -0.3 is 15.8 Å². The average molecular weight is 241 g/mol. The summed E-state index contributed by atoms with van der Waals surface area (Å²) >= 11 is 0. The van der Waals surface area contributed by atoms with E-state index in [4.69, 9.17) is 5.73 Å². The van der Waals surface area contributed by atoms with Crippen molar-refractivity contribution in [1.82, 2.24) is 5.32 Å². The summed E-state index contributed by atoms with van der Waals surface area (Å²) in [5, 5.41) is 2.66. The Kier molecular flexibility index (Phi) is 6.87. The lowest BCUT2D eigenvalue weighted by molar-refractivity contribution is -0.173. The highest BCUT2D eigenvalue weighted by Gasteiger charge is 2.27. The summed E-state index contributed by atoms with van der Waals surface area (Å²) in [4.78, 5) is 3.98. The van der Waals surface area contributed by atoms with E-state index in [-0.39, 0.29) is 19.1 Å². The third-order valence-corrected chi connectivity index (χ3v) is 1.45. The molecule has 7 heteroatoms. The summed E-state index contributed by atoms with van der Waals surface area (Å²) in [5.74, 6) is 0.617. The number of hydrogen-bond donors (Lipinski definition) is 2. The van der Waals surface area contributed by atoms with E-state index in [0.717, 1.165) is 0 Å². The number of halogens is 3. The average Bonchev–Trinajstić information content (AvgIpc) is 2.12. The van der Waals surface area contributed by atoms with Crippen molar-refractivity contribution in [3.63, 3.8) is 0 Å². The lowest BCUT2D eigenvalue weighted by Crippen LogP contribution is -2.35. The summed E-state index contributed by atoms with van der Waals surface area (Å²) in [6.07, 6.45) is -4.28. The van der Waals surface area contributed by atoms with Gasteiger partial charge in [-0.2, -0.15) is 13.2 Å². The van der Waals surface area contributed by atoms with Crippen LogP contribution in [0.25, 0.3) is 0 Å². The van der Waals surface area contributed by atoms with E-state index in [1.807, 2.05) is 13.8 Å². The maximum atomic E-state index is 11.7. The summed E-state index contributed by atoms with van der Waals surface area (Å²) in [7, 11) is 0. The van der Waals surface area contributed by atoms with Crippen LogP contribution in [-0.2, 0) is 4.74 Å². The molecule has 0 aromatic carbocycles. The van der Waals surface area contributed by atoms with Gasteiger partial charge >= 0.3 is 6.18 Å². The van der Waals surface area contributed by atoms with E-state index >= 15 is 0 Å². The van der Waals surface area contributed by atoms with Crippen LogP contribution in [0.3, 0.4) is 0 Å². The predicted molar refractivity (Wildman–Crippen MR) is 56.2 cm³/mol. The molecule has 0 aliphatic rings. The summed E-state index contributed by atoms with van der Waals surface area (Å²) < 4.78 is 39.3. The first-order valence-corrected chi connectivity index (χ1v) is 4.99. The summed E-state index contributed by atoms with van der Waals surface area (Å²) in [6, 6.07) is 0. The lowest BCUT2D eigenvalue weighted by Gasteiger charge is -2.09. The Morgan fingerprint density at radius 1 is 1.44 bits per heavy atom. The molecule has 0 unspecified atom stereocenters. The highest BCUT2D eigenvalue weighted by Crippen LogP contribution is 2.13. The van der Waals surface area contributed by atoms with Crippen LogP contribution in [0, 0.1) is 5.92 Å². The Bertz CT molecular complexity index is 217. The molecule has 0 aliphatic heterocycles. The highest BCUT2D eigenvalue weighted by molar-refractivity contribution is 5.77. The zero-order chi connectivity index (χ0) is 12.6. The molecule has 0 radical (unpaired) electrons. The number of nitrogens with two attached hydrogens (primary N) is 1. The second-order valence-corrected chi connectivity index (χ2v) is 3.71. The standard InChI is InChI=1S/C9H18F3N3O/c1-7(2)5-15-8(13)14-3-4-16-6-9(10,11)12/h7H,3-6H2,1-2H3,(H3,13,14,15). The van der Waals surface area contributed by atoms with Gasteiger partial charge in [-0.1, -0.05) is 13.8 Å². The van der Waals surface area contributed by atoms with Crippen LogP contribution in [-0.4, -0.2) is 38.4 Å². The number of ether oxygens (including phenoxy) is 1. The van der Waals surface area contributed by atoms with Gasteiger partial charge in [-0.05, 0) is 5.92 Å². The number of hydrogen-bond acceptors (Lipinski definition) is 2. The number of alkyl halides is 3. The third-order valence-electron chi connectivity index (χ3n) is 1.45. The molecular weight excluding hydrogens is 223 g/mol. The van der Waals surface area contributed by atoms with Gasteiger partial charge in [0.2, 0.25) is 0 Å². The molecule has 16 heavy (non-hydrogen) atoms. The number of rotatable bonds is 6. The van der Waals surface area contributed by atoms with E-state index in [1.54, 1.807) is 0 Å². The zero-order valence-corrected chi connectivity index (χ0v) is 9.47. The maximum Gasteiger partial charge on any atom is 0.411 e. The largest absolute Gasteiger partial charge is 0.411 e. The molecular formula is C9H18F3N3O. The van der Waals surface area contributed by atoms with Gasteiger partial charge in [0.05, 0.1) is 6.61 Å². The van der Waals surface area contributed by atoms with E-state index in [1.165, 1.54) is 0 Å². The van der Waals surface area contributed by atoms with Crippen LogP contribution in [0.4, 0.5) is 13.2 Å². The second kappa shape index (κ2) is 7.32. The number of nitrogens with zero attached hydrogens (tertiary/aromatic N) is 1. The van der Waals surface area contributed by atoms with Crippen molar-refractivity contribution in [1.29, 1.82) is 0 Å². The minimum Gasteiger partial charge on any atom is -0.370 e. The molecule has 0 aromatic rings. The van der Waals surface area contributed by atoms with Crippen molar-refractivity contribution in [2.75, 3.05) is 26.3 Å². The Labute approximate surface area is 93.1 Å². The van der Waals surface area contributed by atoms with Crippen LogP contribution >= 0.6 is 0 Å². The van der Waals surface area contributed by atoms with Crippen molar-refractivity contribution in [2.45, 2.75) is 20.0 Å². The van der Waals surface area contributed by atoms with Crippen molar-refractivity contribution >= 4 is 5.96 Å². The summed E-state index contributed by atoms with van der Waals surface area (Å²) in [6.45, 7) is 3.48. The molecule has 0 heterocycles. The predicted octanol–water partition coefficient (Wildman–Crippen LogP) is 1.13. The number of aliphatic imine (C=N–C) groups is 1. The molecule has 0 atom stereocenters. The van der Waals surface area contributed by atoms with Gasteiger partial charge in [-0.25, -0.2) is 0 Å². The molecule has 3 N–H and O–H groups in total. The Hall–Kier alpha value is -0.980. The molecule has 0 saturated carbocycles. The second-order valence-electron chi connectivity index (χ2n) is 3.71. The van der Waals surface area contributed by atoms with Gasteiger partial charge in [-0.3, -0.25) is 4.99 Å². The first-order chi connectivity index (χ1) is 7.31. The van der Waals surface area contributed by atoms with Crippen molar-refractivity contribution in [3.8, 4) is 0 Å². The SMILES string of the molecule is CC(C)CN=C(N)NCCOCC(F)(F)F. The van der Waals surface area contributed by atoms with E-state index in [2.05, 4.69) is 15.0 Å². The first kappa shape index (κ1) is 15.0. The third kappa shape index (κ3) is 11.1. The topological polar surface area (TPSA) is 59.6 Å². The molecule has 0 spiro atoms. The molecule has 96 valence electrons. The minimum absolute atomic E-state index is 0.0581. The van der Waals surface area contributed by atoms with Crippen LogP contribution in [0.5, 0.6) is 0 Å². The van der Waals surface area contributed by atoms with Crippen LogP contribution < -0.4 is 11.1 Å². The zero-order valence-electron chi connectivity index (χ0n) is 9.47. The quantitative estimate of drug-likeness (QED) is 0.416. The monoisotopic (exact) mass is 241 g/mol. The summed E-state index contributed by atoms with van der Waals surface area (Å²) in [5.41, 5.74) is 5.45. The van der Waals surface area contributed by atoms with Gasteiger partial charge in [0, 0.05) is 13.1 Å². The number of guanidine groups is 1. The van der Waals surface area contributed by atoms with Crippen molar-refractivity contribution in [3.05, 3.63) is 0 Å². The Balaban J connectivity index is 3.48. The molecule has 0 saturated heterocycles. The molecule has 0 aromatic heterocycles. The normalized spacial score (nSPS) is 13.2. The minimum atomic E-state index is -4.28. The molecule has 4 nitrogen and oxygen atoms in total. The van der Waals surface area contributed by atoms with E-state index < -0.39 is 12.8 Å². The number of nitrogens with one attached hydrogen (secondary N) is 1. The molecule has 0 fully saturated rings. The van der Waals surface area contributed by atoms with Crippen LogP contribution in [0.15, 0.2) is 4.99 Å². The maximum absolute atomic E-state index is 11.7. The van der Waals surface area contributed by atoms with Gasteiger partial charge in [0.15, 0.2) is 5.96 Å². The molecule has 0 bridgehead atoms. The van der Waals surface area contributed by atoms with E-state index in [9.17, 15) is 13.2 Å². The molecule has 0 amide bonds. The van der Waals surface area contributed by atoms with Gasteiger partial charge in [-0.15, -0.1) is 0 Å². The fourth-order valence-corrected chi connectivity index (χ4v) is 0.776. The Morgan fingerprint density at radius 2 is 2.06 bits per heavy atom. The molecule has 0 aliphatic carbocycles. The van der Waals surface area contributed by atoms with Crippen LogP contribution in [0.2, 0.25) is 0 Å². The smallest absolute Gasteiger partial charge is 0.370 e. The van der Waals surface area contributed by atoms with Gasteiger partial charge in [0.25, 0.3) is 0 Å². The Morgan fingerprint density at radius 3 is 2.56 bits per heavy atom. The first-order valence-electron chi connectivity index (χ1n) is 4.99. The molecule has 0 rings (SSSR count). The highest BCUT2D eigenvalue weighted by atomic mass is 19.4. The van der Waals surface area contributed by atoms with Gasteiger partial charge in [0.1, 0.15) is 6.61 Å². The van der Waals surface area contributed by atoms with Crippen molar-refractivity contribution < 1.29 is 17.9 Å². The fourth-order valence-electron chi connectivity index (χ4n) is 0.776. The van der Waals surface area contributed by atoms with Crippen LogP contribution in [0.1, 0.15) is 13.8 Å². The van der Waals surface area contributed by atoms with Crippen molar-refractivity contribution in [2.24, 2.45) is 16.6 Å². The van der Waals surface area contributed by atoms with E-state index in [0.29, 0.717) is 12.5 Å².